The molecule has 1 atom stereocenters. The third kappa shape index (κ3) is 3.58. The lowest BCUT2D eigenvalue weighted by atomic mass is 9.99. The number of hydrogen-bond donors (Lipinski definition) is 1. The number of hydrogen-bond acceptors (Lipinski definition) is 6. The predicted molar refractivity (Wildman–Crippen MR) is 114 cm³/mol. The third-order valence-corrected chi connectivity index (χ3v) is 6.09. The van der Waals surface area contributed by atoms with Crippen molar-refractivity contribution < 1.29 is 19.4 Å². The molecule has 0 bridgehead atoms. The normalized spacial score (nSPS) is 18.1. The molecule has 0 radical (unpaired) electrons. The number of aromatic nitrogens is 1. The fraction of sp³-hybridized carbons (Fsp3) is 0.136. The Bertz CT molecular complexity index is 1130. The van der Waals surface area contributed by atoms with Crippen molar-refractivity contribution >= 4 is 40.4 Å². The van der Waals surface area contributed by atoms with Crippen molar-refractivity contribution in [3.05, 3.63) is 86.8 Å². The summed E-state index contributed by atoms with van der Waals surface area (Å²) in [5.74, 6) is -1.31. The molecule has 3 heterocycles. The summed E-state index contributed by atoms with van der Waals surface area (Å²) in [6.07, 6.45) is 3.29. The maximum absolute atomic E-state index is 13.0. The quantitative estimate of drug-likeness (QED) is 0.360. The van der Waals surface area contributed by atoms with E-state index < -0.39 is 17.7 Å². The first-order valence-electron chi connectivity index (χ1n) is 9.06. The van der Waals surface area contributed by atoms with Gasteiger partial charge in [-0.05, 0) is 41.3 Å². The van der Waals surface area contributed by atoms with Gasteiger partial charge in [0.1, 0.15) is 11.5 Å². The molecule has 3 aromatic rings. The zero-order valence-electron chi connectivity index (χ0n) is 15.9. The molecule has 0 aliphatic carbocycles. The van der Waals surface area contributed by atoms with E-state index in [1.165, 1.54) is 29.4 Å². The highest BCUT2D eigenvalue weighted by atomic mass is 35.5. The number of amides is 1. The van der Waals surface area contributed by atoms with Crippen LogP contribution in [0.1, 0.15) is 22.0 Å². The van der Waals surface area contributed by atoms with Crippen LogP contribution in [0.15, 0.2) is 65.8 Å². The summed E-state index contributed by atoms with van der Waals surface area (Å²) in [6.45, 7) is 0.196. The Morgan fingerprint density at radius 2 is 2.10 bits per heavy atom. The van der Waals surface area contributed by atoms with Crippen LogP contribution in [-0.2, 0) is 16.1 Å². The Kier molecular flexibility index (Phi) is 5.57. The van der Waals surface area contributed by atoms with Crippen LogP contribution in [0.4, 0.5) is 0 Å². The van der Waals surface area contributed by atoms with E-state index in [2.05, 4.69) is 4.98 Å². The van der Waals surface area contributed by atoms with Gasteiger partial charge in [-0.2, -0.15) is 0 Å². The van der Waals surface area contributed by atoms with Crippen molar-refractivity contribution in [1.29, 1.82) is 0 Å². The number of aliphatic hydroxyl groups excluding tert-OH is 1. The van der Waals surface area contributed by atoms with Crippen molar-refractivity contribution in [1.82, 2.24) is 9.88 Å². The molecule has 8 heteroatoms. The maximum atomic E-state index is 13.0. The van der Waals surface area contributed by atoms with Crippen LogP contribution < -0.4 is 4.74 Å². The number of Topliss-reactive ketones (excluding diaryl/α,β-unsaturated/α-hetero) is 1. The molecule has 30 heavy (non-hydrogen) atoms. The van der Waals surface area contributed by atoms with Gasteiger partial charge in [-0.15, -0.1) is 11.3 Å². The molecule has 1 aromatic carbocycles. The first kappa shape index (κ1) is 20.1. The van der Waals surface area contributed by atoms with Crippen molar-refractivity contribution in [2.45, 2.75) is 12.6 Å². The number of ketones is 1. The second-order valence-corrected chi connectivity index (χ2v) is 8.04. The lowest BCUT2D eigenvalue weighted by Crippen LogP contribution is -2.28. The van der Waals surface area contributed by atoms with Gasteiger partial charge < -0.3 is 14.7 Å². The van der Waals surface area contributed by atoms with Gasteiger partial charge >= 0.3 is 0 Å². The number of ether oxygens (including phenoxy) is 1. The van der Waals surface area contributed by atoms with Crippen LogP contribution in [0, 0.1) is 0 Å². The molecular weight excluding hydrogens is 424 g/mol. The standard InChI is InChI=1S/C22H17ClN2O4S/c1-29-16-10-14(6-7-15(16)23)20(26)18-19(17-5-3-9-30-17)25(22(28)21(18)27)12-13-4-2-8-24-11-13/h2-11,19,26H,12H2,1H3/b20-18-. The smallest absolute Gasteiger partial charge is 0.295 e. The molecule has 4 rings (SSSR count). The Balaban J connectivity index is 1.84. The van der Waals surface area contributed by atoms with E-state index in [9.17, 15) is 14.7 Å². The van der Waals surface area contributed by atoms with Gasteiger partial charge in [-0.25, -0.2) is 0 Å². The largest absolute Gasteiger partial charge is 0.507 e. The predicted octanol–water partition coefficient (Wildman–Crippen LogP) is 4.43. The molecule has 1 N–H and O–H groups in total. The minimum Gasteiger partial charge on any atom is -0.507 e. The molecule has 6 nitrogen and oxygen atoms in total. The van der Waals surface area contributed by atoms with Crippen LogP contribution >= 0.6 is 22.9 Å². The highest BCUT2D eigenvalue weighted by Gasteiger charge is 2.46. The summed E-state index contributed by atoms with van der Waals surface area (Å²) in [6, 6.07) is 11.3. The summed E-state index contributed by atoms with van der Waals surface area (Å²) in [5.41, 5.74) is 1.17. The van der Waals surface area contributed by atoms with E-state index in [1.54, 1.807) is 30.6 Å². The average molecular weight is 441 g/mol. The van der Waals surface area contributed by atoms with Gasteiger partial charge in [0.25, 0.3) is 11.7 Å². The van der Waals surface area contributed by atoms with E-state index in [-0.39, 0.29) is 17.9 Å². The Labute approximate surface area is 182 Å². The summed E-state index contributed by atoms with van der Waals surface area (Å²) in [4.78, 5) is 32.2. The molecule has 1 aliphatic rings. The summed E-state index contributed by atoms with van der Waals surface area (Å²) in [7, 11) is 1.46. The summed E-state index contributed by atoms with van der Waals surface area (Å²) >= 11 is 7.49. The minimum absolute atomic E-state index is 0.0377. The number of carbonyl (C=O) groups is 2. The lowest BCUT2D eigenvalue weighted by Gasteiger charge is -2.24. The Morgan fingerprint density at radius 3 is 2.77 bits per heavy atom. The van der Waals surface area contributed by atoms with Gasteiger partial charge in [0, 0.05) is 29.4 Å². The van der Waals surface area contributed by atoms with Gasteiger partial charge in [0.15, 0.2) is 0 Å². The summed E-state index contributed by atoms with van der Waals surface area (Å²) < 4.78 is 5.21. The highest BCUT2D eigenvalue weighted by molar-refractivity contribution is 7.10. The fourth-order valence-corrected chi connectivity index (χ4v) is 4.48. The van der Waals surface area contributed by atoms with E-state index in [0.717, 1.165) is 10.4 Å². The number of rotatable bonds is 5. The zero-order chi connectivity index (χ0) is 21.3. The number of halogens is 1. The molecule has 152 valence electrons. The number of nitrogens with zero attached hydrogens (tertiary/aromatic N) is 2. The fourth-order valence-electron chi connectivity index (χ4n) is 3.44. The van der Waals surface area contributed by atoms with Crippen molar-refractivity contribution in [2.24, 2.45) is 0 Å². The molecule has 1 aliphatic heterocycles. The van der Waals surface area contributed by atoms with Crippen LogP contribution in [0.25, 0.3) is 5.76 Å². The first-order valence-corrected chi connectivity index (χ1v) is 10.3. The molecule has 1 fully saturated rings. The number of carbonyl (C=O) groups excluding carboxylic acids is 2. The third-order valence-electron chi connectivity index (χ3n) is 4.85. The number of methoxy groups -OCH3 is 1. The number of likely N-dealkylation sites (tertiary alicyclic amines) is 1. The molecule has 0 spiro atoms. The van der Waals surface area contributed by atoms with Crippen LogP contribution in [-0.4, -0.2) is 33.8 Å². The van der Waals surface area contributed by atoms with E-state index in [1.807, 2.05) is 23.6 Å². The molecule has 1 saturated heterocycles. The Morgan fingerprint density at radius 1 is 1.27 bits per heavy atom. The number of pyridine rings is 1. The van der Waals surface area contributed by atoms with Gasteiger partial charge in [0.05, 0.1) is 23.7 Å². The van der Waals surface area contributed by atoms with Crippen molar-refractivity contribution in [2.75, 3.05) is 7.11 Å². The van der Waals surface area contributed by atoms with E-state index in [4.69, 9.17) is 16.3 Å². The molecular formula is C22H17ClN2O4S. The van der Waals surface area contributed by atoms with Crippen LogP contribution in [0.3, 0.4) is 0 Å². The average Bonchev–Trinajstić information content (AvgIpc) is 3.37. The molecule has 2 aromatic heterocycles. The monoisotopic (exact) mass is 440 g/mol. The SMILES string of the molecule is COc1cc(/C(O)=C2/C(=O)C(=O)N(Cc3cccnc3)C2c2cccs2)ccc1Cl. The number of benzene rings is 1. The molecule has 0 saturated carbocycles. The topological polar surface area (TPSA) is 79.7 Å². The van der Waals surface area contributed by atoms with E-state index >= 15 is 0 Å². The van der Waals surface area contributed by atoms with Gasteiger partial charge in [-0.1, -0.05) is 23.7 Å². The highest BCUT2D eigenvalue weighted by Crippen LogP contribution is 2.42. The maximum Gasteiger partial charge on any atom is 0.295 e. The second kappa shape index (κ2) is 8.30. The molecule has 1 unspecified atom stereocenters. The lowest BCUT2D eigenvalue weighted by molar-refractivity contribution is -0.140. The minimum atomic E-state index is -0.733. The van der Waals surface area contributed by atoms with Crippen molar-refractivity contribution in [3.8, 4) is 5.75 Å². The molecule has 1 amide bonds. The number of thiophene rings is 1. The zero-order valence-corrected chi connectivity index (χ0v) is 17.5. The summed E-state index contributed by atoms with van der Waals surface area (Å²) in [5, 5.41) is 13.3. The van der Waals surface area contributed by atoms with E-state index in [0.29, 0.717) is 16.3 Å². The second-order valence-electron chi connectivity index (χ2n) is 6.65. The van der Waals surface area contributed by atoms with Gasteiger partial charge in [0.2, 0.25) is 0 Å². The van der Waals surface area contributed by atoms with Crippen molar-refractivity contribution in [3.63, 3.8) is 0 Å². The van der Waals surface area contributed by atoms with Gasteiger partial charge in [-0.3, -0.25) is 14.6 Å². The van der Waals surface area contributed by atoms with Crippen LogP contribution in [0.5, 0.6) is 5.75 Å². The first-order chi connectivity index (χ1) is 14.5. The Hall–Kier alpha value is -3.16. The van der Waals surface area contributed by atoms with Crippen LogP contribution in [0.2, 0.25) is 5.02 Å². The number of aliphatic hydroxyl groups is 1.